The summed E-state index contributed by atoms with van der Waals surface area (Å²) in [4.78, 5) is 15.5. The number of halogens is 1. The molecule has 5 nitrogen and oxygen atoms in total. The Bertz CT molecular complexity index is 408. The molecule has 1 heterocycles. The molecule has 0 unspecified atom stereocenters. The Morgan fingerprint density at radius 1 is 1.69 bits per heavy atom. The molecule has 0 atom stereocenters. The van der Waals surface area contributed by atoms with Gasteiger partial charge < -0.3 is 4.90 Å². The van der Waals surface area contributed by atoms with E-state index >= 15 is 0 Å². The smallest absolute Gasteiger partial charge is 0.264 e. The lowest BCUT2D eigenvalue weighted by Gasteiger charge is -2.18. The van der Waals surface area contributed by atoms with Crippen molar-refractivity contribution in [3.05, 3.63) is 44.8 Å². The average molecular weight is 260 g/mol. The van der Waals surface area contributed by atoms with Crippen LogP contribution in [0.5, 0.6) is 0 Å². The highest BCUT2D eigenvalue weighted by Crippen LogP contribution is 2.23. The van der Waals surface area contributed by atoms with Gasteiger partial charge in [0.15, 0.2) is 0 Å². The number of nitrogens with zero attached hydrogens (tertiary/aromatic N) is 3. The molecule has 0 aliphatic rings. The molecular weight excluding hydrogens is 250 g/mol. The maximum absolute atomic E-state index is 10.4. The molecule has 0 N–H and O–H groups in total. The van der Waals surface area contributed by atoms with Crippen LogP contribution >= 0.6 is 23.4 Å². The molecule has 1 rings (SSSR count). The summed E-state index contributed by atoms with van der Waals surface area (Å²) in [5, 5.41) is 11.3. The normalized spacial score (nSPS) is 11.3. The van der Waals surface area contributed by atoms with Crippen molar-refractivity contribution in [3.8, 4) is 0 Å². The Balaban J connectivity index is 2.95. The maximum Gasteiger partial charge on any atom is 0.264 e. The molecule has 7 heteroatoms. The highest BCUT2D eigenvalue weighted by Gasteiger charge is 2.10. The lowest BCUT2D eigenvalue weighted by atomic mass is 10.4. The van der Waals surface area contributed by atoms with Crippen molar-refractivity contribution in [2.75, 3.05) is 18.2 Å². The van der Waals surface area contributed by atoms with Crippen molar-refractivity contribution in [2.24, 2.45) is 0 Å². The van der Waals surface area contributed by atoms with Gasteiger partial charge in [0.25, 0.3) is 6.20 Å². The first kappa shape index (κ1) is 12.8. The molecule has 1 aromatic heterocycles. The second-order valence-electron chi connectivity index (χ2n) is 2.85. The van der Waals surface area contributed by atoms with Crippen molar-refractivity contribution in [3.63, 3.8) is 0 Å². The number of thioether (sulfide) groups is 1. The van der Waals surface area contributed by atoms with Crippen LogP contribution in [0.4, 0.5) is 5.69 Å². The van der Waals surface area contributed by atoms with Crippen LogP contribution in [0.25, 0.3) is 0 Å². The van der Waals surface area contributed by atoms with Crippen molar-refractivity contribution < 1.29 is 4.92 Å². The van der Waals surface area contributed by atoms with Gasteiger partial charge in [-0.2, -0.15) is 0 Å². The number of aromatic nitrogens is 1. The number of rotatable bonds is 4. The van der Waals surface area contributed by atoms with Crippen LogP contribution in [0, 0.1) is 10.1 Å². The summed E-state index contributed by atoms with van der Waals surface area (Å²) in [5.74, 6) is 0. The molecule has 86 valence electrons. The van der Waals surface area contributed by atoms with Crippen LogP contribution in [0.3, 0.4) is 0 Å². The van der Waals surface area contributed by atoms with Gasteiger partial charge in [0.05, 0.1) is 16.8 Å². The third-order valence-electron chi connectivity index (χ3n) is 1.85. The van der Waals surface area contributed by atoms with Crippen LogP contribution in [0.2, 0.25) is 5.15 Å². The summed E-state index contributed by atoms with van der Waals surface area (Å²) in [6.07, 6.45) is 4.29. The number of pyridine rings is 1. The molecule has 0 aromatic carbocycles. The van der Waals surface area contributed by atoms with E-state index in [0.717, 1.165) is 11.9 Å². The molecule has 1 aromatic rings. The summed E-state index contributed by atoms with van der Waals surface area (Å²) in [7, 11) is 1.73. The Hall–Kier alpha value is -1.27. The average Bonchev–Trinajstić information content (AvgIpc) is 2.25. The minimum Gasteiger partial charge on any atom is -0.333 e. The van der Waals surface area contributed by atoms with Crippen LogP contribution in [-0.4, -0.2) is 23.2 Å². The minimum atomic E-state index is -0.480. The topological polar surface area (TPSA) is 59.3 Å². The van der Waals surface area contributed by atoms with Crippen molar-refractivity contribution >= 4 is 29.1 Å². The van der Waals surface area contributed by atoms with Gasteiger partial charge in [-0.1, -0.05) is 11.6 Å². The van der Waals surface area contributed by atoms with Gasteiger partial charge in [-0.25, -0.2) is 4.98 Å². The fourth-order valence-electron chi connectivity index (χ4n) is 1.06. The third-order valence-corrected chi connectivity index (χ3v) is 2.88. The Morgan fingerprint density at radius 2 is 2.38 bits per heavy atom. The zero-order valence-corrected chi connectivity index (χ0v) is 10.3. The predicted molar refractivity (Wildman–Crippen MR) is 66.2 cm³/mol. The van der Waals surface area contributed by atoms with Crippen LogP contribution in [0.1, 0.15) is 0 Å². The van der Waals surface area contributed by atoms with E-state index < -0.39 is 4.92 Å². The monoisotopic (exact) mass is 259 g/mol. The summed E-state index contributed by atoms with van der Waals surface area (Å²) >= 11 is 6.95. The number of anilines is 1. The van der Waals surface area contributed by atoms with Gasteiger partial charge in [-0.3, -0.25) is 10.1 Å². The van der Waals surface area contributed by atoms with Crippen molar-refractivity contribution in [1.29, 1.82) is 0 Å². The summed E-state index contributed by atoms with van der Waals surface area (Å²) in [6, 6.07) is 3.39. The van der Waals surface area contributed by atoms with E-state index in [-0.39, 0.29) is 0 Å². The summed E-state index contributed by atoms with van der Waals surface area (Å²) in [5.41, 5.74) is 0.742. The molecule has 0 bridgehead atoms. The van der Waals surface area contributed by atoms with Crippen LogP contribution < -0.4 is 4.90 Å². The Kier molecular flexibility index (Phi) is 4.57. The van der Waals surface area contributed by atoms with Gasteiger partial charge in [-0.15, -0.1) is 11.8 Å². The van der Waals surface area contributed by atoms with Crippen LogP contribution in [-0.2, 0) is 0 Å². The van der Waals surface area contributed by atoms with E-state index in [2.05, 4.69) is 4.98 Å². The van der Waals surface area contributed by atoms with E-state index in [1.165, 1.54) is 11.8 Å². The minimum absolute atomic E-state index is 0.390. The Labute approximate surface area is 102 Å². The van der Waals surface area contributed by atoms with E-state index in [9.17, 15) is 10.1 Å². The highest BCUT2D eigenvalue weighted by atomic mass is 35.5. The third kappa shape index (κ3) is 3.39. The first-order chi connectivity index (χ1) is 7.54. The molecule has 0 saturated heterocycles. The molecule has 16 heavy (non-hydrogen) atoms. The zero-order valence-electron chi connectivity index (χ0n) is 8.75. The van der Waals surface area contributed by atoms with E-state index in [1.807, 2.05) is 0 Å². The Morgan fingerprint density at radius 3 is 2.81 bits per heavy atom. The molecule has 0 aliphatic heterocycles. The molecule has 0 amide bonds. The summed E-state index contributed by atoms with van der Waals surface area (Å²) < 4.78 is 0. The molecule has 0 fully saturated rings. The van der Waals surface area contributed by atoms with Gasteiger partial charge in [0, 0.05) is 7.05 Å². The number of hydrogen-bond donors (Lipinski definition) is 0. The van der Waals surface area contributed by atoms with Crippen molar-refractivity contribution in [2.45, 2.75) is 0 Å². The molecule has 0 aliphatic carbocycles. The molecule has 0 saturated carbocycles. The zero-order chi connectivity index (χ0) is 12.1. The first-order valence-electron chi connectivity index (χ1n) is 4.29. The largest absolute Gasteiger partial charge is 0.333 e. The lowest BCUT2D eigenvalue weighted by Crippen LogP contribution is -2.15. The summed E-state index contributed by atoms with van der Waals surface area (Å²) in [6.45, 7) is 0. The maximum atomic E-state index is 10.4. The number of nitro groups is 1. The van der Waals surface area contributed by atoms with E-state index in [0.29, 0.717) is 10.2 Å². The fourth-order valence-corrected chi connectivity index (χ4v) is 1.74. The van der Waals surface area contributed by atoms with E-state index in [4.69, 9.17) is 11.6 Å². The highest BCUT2D eigenvalue weighted by molar-refractivity contribution is 8.02. The molecular formula is C9H10ClN3O2S. The van der Waals surface area contributed by atoms with E-state index in [1.54, 1.807) is 36.5 Å². The predicted octanol–water partition coefficient (Wildman–Crippen LogP) is 2.61. The second-order valence-corrected chi connectivity index (χ2v) is 4.07. The standard InChI is InChI=1S/C9H10ClN3O2S/c1-12(9(16-2)6-13(14)15)7-3-4-8(10)11-5-7/h3-6H,1-2H3/b9-6-. The second kappa shape index (κ2) is 5.72. The van der Waals surface area contributed by atoms with Crippen molar-refractivity contribution in [1.82, 2.24) is 4.98 Å². The van der Waals surface area contributed by atoms with Gasteiger partial charge in [-0.05, 0) is 18.4 Å². The van der Waals surface area contributed by atoms with Gasteiger partial charge in [0.1, 0.15) is 10.2 Å². The van der Waals surface area contributed by atoms with Gasteiger partial charge in [0.2, 0.25) is 0 Å². The van der Waals surface area contributed by atoms with Crippen LogP contribution in [0.15, 0.2) is 29.6 Å². The number of hydrogen-bond acceptors (Lipinski definition) is 5. The fraction of sp³-hybridized carbons (Fsp3) is 0.222. The molecule has 0 spiro atoms. The first-order valence-corrected chi connectivity index (χ1v) is 5.89. The lowest BCUT2D eigenvalue weighted by molar-refractivity contribution is -0.402. The molecule has 0 radical (unpaired) electrons. The SMILES string of the molecule is CS/C(=C\[N+](=O)[O-])N(C)c1ccc(Cl)nc1. The van der Waals surface area contributed by atoms with Gasteiger partial charge >= 0.3 is 0 Å². The quantitative estimate of drug-likeness (QED) is 0.473.